The largest absolute Gasteiger partial charge is 0.398 e. The topological polar surface area (TPSA) is 52.0 Å². The lowest BCUT2D eigenvalue weighted by atomic mass is 10.0. The molecule has 4 N–H and O–H groups in total. The molecule has 0 bridgehead atoms. The lowest BCUT2D eigenvalue weighted by Crippen LogP contribution is -1.94. The van der Waals surface area contributed by atoms with Crippen LogP contribution in [-0.2, 0) is 0 Å². The summed E-state index contributed by atoms with van der Waals surface area (Å²) in [5.74, 6) is 0.999. The van der Waals surface area contributed by atoms with Crippen LogP contribution in [0.4, 0.5) is 11.4 Å². The van der Waals surface area contributed by atoms with E-state index in [1.165, 1.54) is 11.1 Å². The van der Waals surface area contributed by atoms with E-state index in [4.69, 9.17) is 11.5 Å². The van der Waals surface area contributed by atoms with Crippen molar-refractivity contribution in [1.82, 2.24) is 0 Å². The first-order valence-corrected chi connectivity index (χ1v) is 9.66. The van der Waals surface area contributed by atoms with Crippen LogP contribution in [0.25, 0.3) is 0 Å². The molecule has 0 amide bonds. The molecule has 0 aliphatic carbocycles. The summed E-state index contributed by atoms with van der Waals surface area (Å²) in [5, 5.41) is 0. The summed E-state index contributed by atoms with van der Waals surface area (Å²) in [5.41, 5.74) is 16.5. The maximum Gasteiger partial charge on any atom is 0.0461 e. The Morgan fingerprint density at radius 2 is 1.05 bits per heavy atom. The second-order valence-electron chi connectivity index (χ2n) is 6.07. The second-order valence-corrected chi connectivity index (χ2v) is 8.28. The number of hydrogen-bond donors (Lipinski definition) is 2. The van der Waals surface area contributed by atoms with Gasteiger partial charge in [-0.15, -0.1) is 0 Å². The number of rotatable bonds is 5. The molecule has 0 heterocycles. The first kappa shape index (κ1) is 17.1. The molecular formula is C18H24N2S2. The third-order valence-electron chi connectivity index (χ3n) is 3.63. The number of nitrogens with two attached hydrogens (primary N) is 2. The average molecular weight is 333 g/mol. The van der Waals surface area contributed by atoms with Crippen molar-refractivity contribution in [2.24, 2.45) is 0 Å². The summed E-state index contributed by atoms with van der Waals surface area (Å²) < 4.78 is 0. The van der Waals surface area contributed by atoms with E-state index in [1.807, 2.05) is 12.1 Å². The summed E-state index contributed by atoms with van der Waals surface area (Å²) in [6.07, 6.45) is 0. The molecular weight excluding hydrogens is 308 g/mol. The monoisotopic (exact) mass is 332 g/mol. The second kappa shape index (κ2) is 7.34. The zero-order valence-electron chi connectivity index (χ0n) is 13.6. The quantitative estimate of drug-likeness (QED) is 0.529. The highest BCUT2D eigenvalue weighted by molar-refractivity contribution is 8.76. The van der Waals surface area contributed by atoms with E-state index in [0.29, 0.717) is 11.8 Å². The van der Waals surface area contributed by atoms with Crippen LogP contribution >= 0.6 is 21.6 Å². The van der Waals surface area contributed by atoms with Crippen LogP contribution < -0.4 is 11.5 Å². The Morgan fingerprint density at radius 1 is 0.682 bits per heavy atom. The minimum atomic E-state index is 0.499. The number of anilines is 2. The SMILES string of the molecule is CC(C)c1ccc(N)c(SSc2cc(C(C)C)ccc2N)c1. The molecule has 4 heteroatoms. The highest BCUT2D eigenvalue weighted by Gasteiger charge is 2.09. The van der Waals surface area contributed by atoms with E-state index in [0.717, 1.165) is 21.2 Å². The van der Waals surface area contributed by atoms with Crippen molar-refractivity contribution in [1.29, 1.82) is 0 Å². The molecule has 2 rings (SSSR count). The van der Waals surface area contributed by atoms with Gasteiger partial charge in [-0.1, -0.05) is 61.4 Å². The van der Waals surface area contributed by atoms with E-state index in [2.05, 4.69) is 52.0 Å². The lowest BCUT2D eigenvalue weighted by Gasteiger charge is -2.12. The molecule has 2 nitrogen and oxygen atoms in total. The van der Waals surface area contributed by atoms with Crippen molar-refractivity contribution in [3.05, 3.63) is 47.5 Å². The van der Waals surface area contributed by atoms with E-state index in [1.54, 1.807) is 21.6 Å². The first-order valence-electron chi connectivity index (χ1n) is 7.52. The number of benzene rings is 2. The Morgan fingerprint density at radius 3 is 1.36 bits per heavy atom. The van der Waals surface area contributed by atoms with Gasteiger partial charge in [0.25, 0.3) is 0 Å². The summed E-state index contributed by atoms with van der Waals surface area (Å²) >= 11 is 0. The van der Waals surface area contributed by atoms with Crippen LogP contribution in [-0.4, -0.2) is 0 Å². The van der Waals surface area contributed by atoms with Gasteiger partial charge in [-0.2, -0.15) is 0 Å². The molecule has 0 fully saturated rings. The van der Waals surface area contributed by atoms with Crippen molar-refractivity contribution in [2.45, 2.75) is 49.3 Å². The molecule has 118 valence electrons. The Hall–Kier alpha value is -1.26. The molecule has 2 aromatic carbocycles. The maximum atomic E-state index is 6.10. The zero-order chi connectivity index (χ0) is 16.3. The molecule has 22 heavy (non-hydrogen) atoms. The van der Waals surface area contributed by atoms with E-state index in [9.17, 15) is 0 Å². The van der Waals surface area contributed by atoms with Crippen molar-refractivity contribution < 1.29 is 0 Å². The fourth-order valence-electron chi connectivity index (χ4n) is 2.05. The number of hydrogen-bond acceptors (Lipinski definition) is 4. The van der Waals surface area contributed by atoms with Crippen molar-refractivity contribution in [3.63, 3.8) is 0 Å². The van der Waals surface area contributed by atoms with Gasteiger partial charge in [0.2, 0.25) is 0 Å². The number of nitrogen functional groups attached to an aromatic ring is 2. The third kappa shape index (κ3) is 4.14. The van der Waals surface area contributed by atoms with Crippen molar-refractivity contribution in [2.75, 3.05) is 11.5 Å². The Labute approximate surface area is 141 Å². The van der Waals surface area contributed by atoms with Crippen LogP contribution in [0.2, 0.25) is 0 Å². The van der Waals surface area contributed by atoms with Crippen LogP contribution in [0.15, 0.2) is 46.2 Å². The summed E-state index contributed by atoms with van der Waals surface area (Å²) in [6, 6.07) is 12.5. The molecule has 0 radical (unpaired) electrons. The first-order chi connectivity index (χ1) is 10.4. The minimum Gasteiger partial charge on any atom is -0.398 e. The molecule has 0 atom stereocenters. The highest BCUT2D eigenvalue weighted by Crippen LogP contribution is 2.43. The summed E-state index contributed by atoms with van der Waals surface area (Å²) in [6.45, 7) is 8.77. The van der Waals surface area contributed by atoms with Gasteiger partial charge in [-0.05, 0) is 47.2 Å². The minimum absolute atomic E-state index is 0.499. The molecule has 0 saturated heterocycles. The van der Waals surface area contributed by atoms with E-state index < -0.39 is 0 Å². The summed E-state index contributed by atoms with van der Waals surface area (Å²) in [4.78, 5) is 2.20. The van der Waals surface area contributed by atoms with E-state index >= 15 is 0 Å². The molecule has 0 saturated carbocycles. The van der Waals surface area contributed by atoms with Gasteiger partial charge < -0.3 is 11.5 Å². The third-order valence-corrected chi connectivity index (χ3v) is 6.11. The van der Waals surface area contributed by atoms with Crippen LogP contribution in [0.5, 0.6) is 0 Å². The Balaban J connectivity index is 2.19. The Kier molecular flexibility index (Phi) is 5.70. The van der Waals surface area contributed by atoms with Crippen molar-refractivity contribution in [3.8, 4) is 0 Å². The van der Waals surface area contributed by atoms with Crippen LogP contribution in [0, 0.1) is 0 Å². The van der Waals surface area contributed by atoms with Gasteiger partial charge >= 0.3 is 0 Å². The average Bonchev–Trinajstić information content (AvgIpc) is 2.47. The maximum absolute atomic E-state index is 6.10. The van der Waals surface area contributed by atoms with Crippen molar-refractivity contribution >= 4 is 33.0 Å². The molecule has 0 spiro atoms. The predicted octanol–water partition coefficient (Wildman–Crippen LogP) is 5.90. The zero-order valence-corrected chi connectivity index (χ0v) is 15.2. The Bertz CT molecular complexity index is 594. The fraction of sp³-hybridized carbons (Fsp3) is 0.333. The van der Waals surface area contributed by atoms with Gasteiger partial charge in [0.15, 0.2) is 0 Å². The van der Waals surface area contributed by atoms with Crippen LogP contribution in [0.1, 0.15) is 50.7 Å². The lowest BCUT2D eigenvalue weighted by molar-refractivity contribution is 0.862. The highest BCUT2D eigenvalue weighted by atomic mass is 33.1. The van der Waals surface area contributed by atoms with Gasteiger partial charge in [0.05, 0.1) is 0 Å². The molecule has 0 aliphatic heterocycles. The summed E-state index contributed by atoms with van der Waals surface area (Å²) in [7, 11) is 3.36. The van der Waals surface area contributed by atoms with Gasteiger partial charge in [0.1, 0.15) is 0 Å². The van der Waals surface area contributed by atoms with Gasteiger partial charge in [0, 0.05) is 21.2 Å². The van der Waals surface area contributed by atoms with Gasteiger partial charge in [-0.3, -0.25) is 0 Å². The molecule has 0 aliphatic rings. The molecule has 0 unspecified atom stereocenters. The van der Waals surface area contributed by atoms with Gasteiger partial charge in [-0.25, -0.2) is 0 Å². The predicted molar refractivity (Wildman–Crippen MR) is 102 cm³/mol. The normalized spacial score (nSPS) is 11.4. The standard InChI is InChI=1S/C18H24N2S2/c1-11(2)13-5-7-15(19)17(9-13)21-22-18-10-14(12(3)4)6-8-16(18)20/h5-12H,19-20H2,1-4H3. The fourth-order valence-corrected chi connectivity index (χ4v) is 4.34. The van der Waals surface area contributed by atoms with E-state index in [-0.39, 0.29) is 0 Å². The molecule has 0 aromatic heterocycles. The molecule has 2 aromatic rings. The van der Waals surface area contributed by atoms with Crippen LogP contribution in [0.3, 0.4) is 0 Å². The smallest absolute Gasteiger partial charge is 0.0461 e.